The van der Waals surface area contributed by atoms with E-state index in [1.807, 2.05) is 25.2 Å². The number of amides is 1. The van der Waals surface area contributed by atoms with Crippen molar-refractivity contribution < 1.29 is 4.79 Å². The van der Waals surface area contributed by atoms with Crippen molar-refractivity contribution in [1.29, 1.82) is 0 Å². The third-order valence-electron chi connectivity index (χ3n) is 3.88. The van der Waals surface area contributed by atoms with Crippen LogP contribution in [0.1, 0.15) is 21.6 Å². The van der Waals surface area contributed by atoms with Crippen molar-refractivity contribution in [3.05, 3.63) is 35.0 Å². The van der Waals surface area contributed by atoms with Gasteiger partial charge in [0.05, 0.1) is 6.54 Å². The highest BCUT2D eigenvalue weighted by Gasteiger charge is 2.15. The minimum absolute atomic E-state index is 0.0824. The Morgan fingerprint density at radius 2 is 2.20 bits per heavy atom. The predicted octanol–water partition coefficient (Wildman–Crippen LogP) is 2.63. The molecule has 0 unspecified atom stereocenters. The van der Waals surface area contributed by atoms with Crippen LogP contribution in [0.4, 0.5) is 0 Å². The molecule has 2 aromatic rings. The maximum Gasteiger partial charge on any atom is 0.257 e. The standard InChI is InChI=1S/C15H17N3OS/c1-9-10(2)18(3)13-5-4-11(8-12(9)13)14(19)17-15-16-6-7-20-15/h4-5,8H,6-7H2,1-3H3,(H,16,17,19). The van der Waals surface area contributed by atoms with Crippen LogP contribution in [0.5, 0.6) is 0 Å². The average Bonchev–Trinajstić information content (AvgIpc) is 3.03. The lowest BCUT2D eigenvalue weighted by molar-refractivity contribution is 0.0978. The van der Waals surface area contributed by atoms with E-state index in [4.69, 9.17) is 0 Å². The lowest BCUT2D eigenvalue weighted by Crippen LogP contribution is -2.27. The number of aliphatic imine (C=N–C) groups is 1. The molecule has 1 N–H and O–H groups in total. The Hall–Kier alpha value is -1.75. The van der Waals surface area contributed by atoms with Gasteiger partial charge in [0.25, 0.3) is 5.91 Å². The predicted molar refractivity (Wildman–Crippen MR) is 84.6 cm³/mol. The number of benzene rings is 1. The molecule has 104 valence electrons. The number of carbonyl (C=O) groups is 1. The summed E-state index contributed by atoms with van der Waals surface area (Å²) >= 11 is 1.59. The van der Waals surface area contributed by atoms with Gasteiger partial charge in [-0.1, -0.05) is 11.8 Å². The number of nitrogens with zero attached hydrogens (tertiary/aromatic N) is 2. The first-order valence-electron chi connectivity index (χ1n) is 6.62. The first kappa shape index (κ1) is 13.2. The second-order valence-corrected chi connectivity index (χ2v) is 6.07. The summed E-state index contributed by atoms with van der Waals surface area (Å²) in [6, 6.07) is 5.84. The van der Waals surface area contributed by atoms with Crippen LogP contribution in [-0.2, 0) is 7.05 Å². The summed E-state index contributed by atoms with van der Waals surface area (Å²) < 4.78 is 2.16. The van der Waals surface area contributed by atoms with Crippen molar-refractivity contribution in [3.63, 3.8) is 0 Å². The summed E-state index contributed by atoms with van der Waals surface area (Å²) in [5.74, 6) is 0.868. The van der Waals surface area contributed by atoms with Crippen LogP contribution in [0.15, 0.2) is 23.2 Å². The van der Waals surface area contributed by atoms with Crippen molar-refractivity contribution in [2.24, 2.45) is 12.0 Å². The Kier molecular flexibility index (Phi) is 3.30. The average molecular weight is 287 g/mol. The van der Waals surface area contributed by atoms with Gasteiger partial charge in [0.1, 0.15) is 0 Å². The normalized spacial score (nSPS) is 14.7. The topological polar surface area (TPSA) is 46.4 Å². The molecular weight excluding hydrogens is 270 g/mol. The summed E-state index contributed by atoms with van der Waals surface area (Å²) in [6.07, 6.45) is 0. The Bertz CT molecular complexity index is 730. The number of carbonyl (C=O) groups excluding carboxylic acids is 1. The number of amidine groups is 1. The number of fused-ring (bicyclic) bond motifs is 1. The molecule has 4 nitrogen and oxygen atoms in total. The van der Waals surface area contributed by atoms with E-state index in [1.54, 1.807) is 11.8 Å². The monoisotopic (exact) mass is 287 g/mol. The van der Waals surface area contributed by atoms with Crippen LogP contribution in [-0.4, -0.2) is 27.9 Å². The first-order valence-corrected chi connectivity index (χ1v) is 7.60. The summed E-state index contributed by atoms with van der Waals surface area (Å²) in [5.41, 5.74) is 4.29. The van der Waals surface area contributed by atoms with E-state index in [2.05, 4.69) is 28.7 Å². The van der Waals surface area contributed by atoms with E-state index >= 15 is 0 Å². The summed E-state index contributed by atoms with van der Waals surface area (Å²) in [5, 5.41) is 4.74. The molecule has 0 spiro atoms. The lowest BCUT2D eigenvalue weighted by Gasteiger charge is -2.05. The quantitative estimate of drug-likeness (QED) is 0.876. The smallest absolute Gasteiger partial charge is 0.257 e. The molecule has 1 aromatic carbocycles. The molecule has 0 fully saturated rings. The zero-order chi connectivity index (χ0) is 14.3. The summed E-state index contributed by atoms with van der Waals surface area (Å²) in [6.45, 7) is 4.98. The highest BCUT2D eigenvalue weighted by molar-refractivity contribution is 8.14. The van der Waals surface area contributed by atoms with E-state index in [-0.39, 0.29) is 5.91 Å². The minimum Gasteiger partial charge on any atom is -0.348 e. The Labute approximate surface area is 122 Å². The van der Waals surface area contributed by atoms with Gasteiger partial charge in [0.15, 0.2) is 5.17 Å². The third-order valence-corrected chi connectivity index (χ3v) is 4.77. The van der Waals surface area contributed by atoms with E-state index in [1.165, 1.54) is 11.3 Å². The minimum atomic E-state index is -0.0824. The van der Waals surface area contributed by atoms with E-state index in [0.29, 0.717) is 5.56 Å². The van der Waals surface area contributed by atoms with Crippen LogP contribution in [0, 0.1) is 13.8 Å². The van der Waals surface area contributed by atoms with Crippen molar-refractivity contribution >= 4 is 33.7 Å². The number of hydrogen-bond donors (Lipinski definition) is 1. The summed E-state index contributed by atoms with van der Waals surface area (Å²) in [4.78, 5) is 16.5. The molecule has 1 aliphatic heterocycles. The van der Waals surface area contributed by atoms with Gasteiger partial charge in [-0.3, -0.25) is 9.79 Å². The highest BCUT2D eigenvalue weighted by atomic mass is 32.2. The van der Waals surface area contributed by atoms with Crippen LogP contribution in [0.2, 0.25) is 0 Å². The van der Waals surface area contributed by atoms with Gasteiger partial charge in [-0.2, -0.15) is 0 Å². The maximum absolute atomic E-state index is 12.2. The van der Waals surface area contributed by atoms with E-state index in [9.17, 15) is 4.79 Å². The molecule has 0 saturated heterocycles. The fourth-order valence-corrected chi connectivity index (χ4v) is 3.20. The van der Waals surface area contributed by atoms with Crippen LogP contribution >= 0.6 is 11.8 Å². The molecule has 0 atom stereocenters. The SMILES string of the molecule is Cc1c(C)n(C)c2ccc(C(=O)NC3=NCCS3)cc12. The van der Waals surface area contributed by atoms with Gasteiger partial charge in [-0.15, -0.1) is 0 Å². The highest BCUT2D eigenvalue weighted by Crippen LogP contribution is 2.25. The molecule has 1 amide bonds. The Balaban J connectivity index is 1.96. The van der Waals surface area contributed by atoms with E-state index < -0.39 is 0 Å². The number of nitrogens with one attached hydrogen (secondary N) is 1. The zero-order valence-corrected chi connectivity index (χ0v) is 12.7. The molecular formula is C15H17N3OS. The van der Waals surface area contributed by atoms with Gasteiger partial charge < -0.3 is 9.88 Å². The third kappa shape index (κ3) is 2.12. The van der Waals surface area contributed by atoms with Crippen LogP contribution in [0.3, 0.4) is 0 Å². The second-order valence-electron chi connectivity index (χ2n) is 4.99. The van der Waals surface area contributed by atoms with Gasteiger partial charge in [0, 0.05) is 35.0 Å². The Morgan fingerprint density at radius 3 is 2.90 bits per heavy atom. The second kappa shape index (κ2) is 4.98. The van der Waals surface area contributed by atoms with Gasteiger partial charge in [-0.05, 0) is 37.6 Å². The fourth-order valence-electron chi connectivity index (χ4n) is 2.48. The molecule has 0 bridgehead atoms. The van der Waals surface area contributed by atoms with Gasteiger partial charge in [-0.25, -0.2) is 0 Å². The molecule has 2 heterocycles. The molecule has 1 aromatic heterocycles. The summed E-state index contributed by atoms with van der Waals surface area (Å²) in [7, 11) is 2.05. The Morgan fingerprint density at radius 1 is 1.40 bits per heavy atom. The number of aromatic nitrogens is 1. The van der Waals surface area contributed by atoms with Gasteiger partial charge in [0.2, 0.25) is 0 Å². The lowest BCUT2D eigenvalue weighted by atomic mass is 10.1. The van der Waals surface area contributed by atoms with Crippen LogP contribution in [0.25, 0.3) is 10.9 Å². The van der Waals surface area contributed by atoms with Crippen molar-refractivity contribution in [2.45, 2.75) is 13.8 Å². The fraction of sp³-hybridized carbons (Fsp3) is 0.333. The maximum atomic E-state index is 12.2. The number of thioether (sulfide) groups is 1. The van der Waals surface area contributed by atoms with Crippen molar-refractivity contribution in [3.8, 4) is 0 Å². The molecule has 3 rings (SSSR count). The zero-order valence-electron chi connectivity index (χ0n) is 11.9. The van der Waals surface area contributed by atoms with Gasteiger partial charge >= 0.3 is 0 Å². The number of hydrogen-bond acceptors (Lipinski definition) is 3. The van der Waals surface area contributed by atoms with Crippen molar-refractivity contribution in [2.75, 3.05) is 12.3 Å². The number of rotatable bonds is 1. The molecule has 0 aliphatic carbocycles. The largest absolute Gasteiger partial charge is 0.348 e. The molecule has 0 radical (unpaired) electrons. The molecule has 20 heavy (non-hydrogen) atoms. The number of aryl methyl sites for hydroxylation is 2. The molecule has 0 saturated carbocycles. The molecule has 1 aliphatic rings. The van der Waals surface area contributed by atoms with E-state index in [0.717, 1.165) is 28.4 Å². The first-order chi connectivity index (χ1) is 9.58. The molecule has 5 heteroatoms. The van der Waals surface area contributed by atoms with Crippen molar-refractivity contribution in [1.82, 2.24) is 9.88 Å². The van der Waals surface area contributed by atoms with Crippen LogP contribution < -0.4 is 5.32 Å².